The summed E-state index contributed by atoms with van der Waals surface area (Å²) in [6, 6.07) is 5.76. The fourth-order valence-electron chi connectivity index (χ4n) is 4.33. The first-order valence-corrected chi connectivity index (χ1v) is 11.3. The Labute approximate surface area is 187 Å². The average molecular weight is 433 g/mol. The number of pyridine rings is 2. The van der Waals surface area contributed by atoms with Gasteiger partial charge in [0.05, 0.1) is 5.56 Å². The molecule has 2 N–H and O–H groups in total. The van der Waals surface area contributed by atoms with E-state index in [0.717, 1.165) is 29.7 Å². The SMILES string of the molecule is Cc1nccc(-c2c[nH]cc2COc2ccc(C(=O)NC3CCOCC3)cn2)c1C1CC1. The Hall–Kier alpha value is -3.19. The number of ether oxygens (including phenoxy) is 2. The Bertz CT molecular complexity index is 1080. The van der Waals surface area contributed by atoms with Crippen LogP contribution in [0.2, 0.25) is 0 Å². The molecule has 3 aromatic heterocycles. The highest BCUT2D eigenvalue weighted by atomic mass is 16.5. The zero-order chi connectivity index (χ0) is 21.9. The number of nitrogens with one attached hydrogen (secondary N) is 2. The number of rotatable bonds is 7. The highest BCUT2D eigenvalue weighted by Gasteiger charge is 2.29. The fraction of sp³-hybridized carbons (Fsp3) is 0.400. The van der Waals surface area contributed by atoms with Crippen LogP contribution in [-0.2, 0) is 11.3 Å². The summed E-state index contributed by atoms with van der Waals surface area (Å²) in [7, 11) is 0. The zero-order valence-corrected chi connectivity index (χ0v) is 18.3. The van der Waals surface area contributed by atoms with Gasteiger partial charge in [0, 0.05) is 66.9 Å². The van der Waals surface area contributed by atoms with Gasteiger partial charge in [0.15, 0.2) is 0 Å². The van der Waals surface area contributed by atoms with E-state index < -0.39 is 0 Å². The smallest absolute Gasteiger partial charge is 0.253 e. The molecule has 1 saturated carbocycles. The van der Waals surface area contributed by atoms with E-state index in [1.165, 1.54) is 24.0 Å². The minimum atomic E-state index is -0.107. The molecule has 1 saturated heterocycles. The van der Waals surface area contributed by atoms with Crippen molar-refractivity contribution >= 4 is 5.91 Å². The molecular weight excluding hydrogens is 404 g/mol. The second kappa shape index (κ2) is 9.12. The molecule has 7 heteroatoms. The van der Waals surface area contributed by atoms with Crippen molar-refractivity contribution in [3.05, 3.63) is 65.4 Å². The second-order valence-electron chi connectivity index (χ2n) is 8.56. The standard InChI is InChI=1S/C25H28N4O3/c1-16-24(17-2-3-17)21(6-9-27-16)22-14-26-12-19(22)15-32-23-5-4-18(13-28-23)25(30)29-20-7-10-31-11-8-20/h4-6,9,12-14,17,20,26H,2-3,7-8,10-11,15H2,1H3,(H,29,30). The van der Waals surface area contributed by atoms with Crippen LogP contribution in [0.3, 0.4) is 0 Å². The van der Waals surface area contributed by atoms with E-state index in [1.807, 2.05) is 18.6 Å². The van der Waals surface area contributed by atoms with Crippen LogP contribution in [0.5, 0.6) is 5.88 Å². The average Bonchev–Trinajstić information content (AvgIpc) is 3.55. The number of H-pyrrole nitrogens is 1. The molecule has 0 spiro atoms. The summed E-state index contributed by atoms with van der Waals surface area (Å²) in [4.78, 5) is 24.5. The van der Waals surface area contributed by atoms with Gasteiger partial charge in [-0.25, -0.2) is 4.98 Å². The van der Waals surface area contributed by atoms with Crippen molar-refractivity contribution in [2.45, 2.75) is 51.2 Å². The maximum atomic E-state index is 12.4. The summed E-state index contributed by atoms with van der Waals surface area (Å²) >= 11 is 0. The first-order chi connectivity index (χ1) is 15.7. The van der Waals surface area contributed by atoms with Gasteiger partial charge in [-0.1, -0.05) is 0 Å². The van der Waals surface area contributed by atoms with Gasteiger partial charge in [0.2, 0.25) is 5.88 Å². The molecule has 0 aromatic carbocycles. The van der Waals surface area contributed by atoms with Gasteiger partial charge in [-0.15, -0.1) is 0 Å². The number of hydrogen-bond donors (Lipinski definition) is 2. The van der Waals surface area contributed by atoms with Crippen LogP contribution in [0.25, 0.3) is 11.1 Å². The number of carbonyl (C=O) groups excluding carboxylic acids is 1. The lowest BCUT2D eigenvalue weighted by Gasteiger charge is -2.23. The number of hydrogen-bond acceptors (Lipinski definition) is 5. The highest BCUT2D eigenvalue weighted by molar-refractivity contribution is 5.94. The molecule has 32 heavy (non-hydrogen) atoms. The Morgan fingerprint density at radius 2 is 1.97 bits per heavy atom. The Morgan fingerprint density at radius 3 is 2.72 bits per heavy atom. The molecule has 7 nitrogen and oxygen atoms in total. The van der Waals surface area contributed by atoms with Crippen LogP contribution >= 0.6 is 0 Å². The van der Waals surface area contributed by atoms with Crippen molar-refractivity contribution in [1.29, 1.82) is 0 Å². The third-order valence-corrected chi connectivity index (χ3v) is 6.23. The maximum absolute atomic E-state index is 12.4. The predicted molar refractivity (Wildman–Crippen MR) is 121 cm³/mol. The van der Waals surface area contributed by atoms with Gasteiger partial charge in [-0.2, -0.15) is 0 Å². The molecule has 1 aliphatic heterocycles. The largest absolute Gasteiger partial charge is 0.473 e. The van der Waals surface area contributed by atoms with Crippen LogP contribution in [0.4, 0.5) is 0 Å². The molecule has 166 valence electrons. The number of aromatic amines is 1. The summed E-state index contributed by atoms with van der Waals surface area (Å²) in [5.41, 5.74) is 6.44. The summed E-state index contributed by atoms with van der Waals surface area (Å²) in [5.74, 6) is 1.00. The van der Waals surface area contributed by atoms with Crippen LogP contribution in [-0.4, -0.2) is 40.1 Å². The Balaban J connectivity index is 1.24. The molecule has 1 amide bonds. The van der Waals surface area contributed by atoms with E-state index in [1.54, 1.807) is 18.3 Å². The molecular formula is C25H28N4O3. The first-order valence-electron chi connectivity index (χ1n) is 11.3. The van der Waals surface area contributed by atoms with E-state index in [0.29, 0.717) is 37.2 Å². The Kier molecular flexibility index (Phi) is 5.90. The van der Waals surface area contributed by atoms with E-state index >= 15 is 0 Å². The third kappa shape index (κ3) is 4.53. The van der Waals surface area contributed by atoms with Crippen LogP contribution < -0.4 is 10.1 Å². The third-order valence-electron chi connectivity index (χ3n) is 6.23. The van der Waals surface area contributed by atoms with Crippen molar-refractivity contribution < 1.29 is 14.3 Å². The fourth-order valence-corrected chi connectivity index (χ4v) is 4.33. The monoisotopic (exact) mass is 432 g/mol. The molecule has 3 aromatic rings. The van der Waals surface area contributed by atoms with Crippen LogP contribution in [0.15, 0.2) is 43.0 Å². The summed E-state index contributed by atoms with van der Waals surface area (Å²) < 4.78 is 11.3. The van der Waals surface area contributed by atoms with Crippen LogP contribution in [0, 0.1) is 6.92 Å². The molecule has 2 aliphatic rings. The van der Waals surface area contributed by atoms with Gasteiger partial charge in [-0.05, 0) is 61.8 Å². The van der Waals surface area contributed by atoms with Crippen molar-refractivity contribution in [3.8, 4) is 17.0 Å². The summed E-state index contributed by atoms with van der Waals surface area (Å²) in [6.07, 6.45) is 11.6. The molecule has 0 radical (unpaired) electrons. The summed E-state index contributed by atoms with van der Waals surface area (Å²) in [5, 5.41) is 3.05. The molecule has 0 bridgehead atoms. The molecule has 2 fully saturated rings. The lowest BCUT2D eigenvalue weighted by atomic mass is 9.96. The Morgan fingerprint density at radius 1 is 1.12 bits per heavy atom. The molecule has 1 aliphatic carbocycles. The van der Waals surface area contributed by atoms with E-state index in [9.17, 15) is 4.79 Å². The van der Waals surface area contributed by atoms with Crippen LogP contribution in [0.1, 0.15) is 58.8 Å². The van der Waals surface area contributed by atoms with Gasteiger partial charge < -0.3 is 19.8 Å². The molecule has 4 heterocycles. The van der Waals surface area contributed by atoms with Gasteiger partial charge in [-0.3, -0.25) is 9.78 Å². The first kappa shape index (κ1) is 20.7. The lowest BCUT2D eigenvalue weighted by molar-refractivity contribution is 0.0696. The molecule has 5 rings (SSSR count). The van der Waals surface area contributed by atoms with Crippen molar-refractivity contribution in [2.24, 2.45) is 0 Å². The minimum absolute atomic E-state index is 0.107. The van der Waals surface area contributed by atoms with E-state index in [2.05, 4.69) is 33.3 Å². The normalized spacial score (nSPS) is 16.7. The van der Waals surface area contributed by atoms with E-state index in [4.69, 9.17) is 9.47 Å². The lowest BCUT2D eigenvalue weighted by Crippen LogP contribution is -2.38. The van der Waals surface area contributed by atoms with E-state index in [-0.39, 0.29) is 11.9 Å². The number of nitrogens with zero attached hydrogens (tertiary/aromatic N) is 2. The summed E-state index contributed by atoms with van der Waals surface area (Å²) in [6.45, 7) is 3.87. The van der Waals surface area contributed by atoms with Crippen molar-refractivity contribution in [3.63, 3.8) is 0 Å². The highest BCUT2D eigenvalue weighted by Crippen LogP contribution is 2.46. The van der Waals surface area contributed by atoms with Gasteiger partial charge in [0.1, 0.15) is 6.61 Å². The quantitative estimate of drug-likeness (QED) is 0.586. The minimum Gasteiger partial charge on any atom is -0.473 e. The maximum Gasteiger partial charge on any atom is 0.253 e. The predicted octanol–water partition coefficient (Wildman–Crippen LogP) is 4.15. The molecule has 0 unspecified atom stereocenters. The molecule has 0 atom stereocenters. The number of amides is 1. The van der Waals surface area contributed by atoms with Crippen molar-refractivity contribution in [1.82, 2.24) is 20.3 Å². The van der Waals surface area contributed by atoms with Gasteiger partial charge in [0.25, 0.3) is 5.91 Å². The number of aromatic nitrogens is 3. The second-order valence-corrected chi connectivity index (χ2v) is 8.56. The zero-order valence-electron chi connectivity index (χ0n) is 18.3. The number of carbonyl (C=O) groups is 1. The van der Waals surface area contributed by atoms with Crippen molar-refractivity contribution in [2.75, 3.05) is 13.2 Å². The topological polar surface area (TPSA) is 89.1 Å². The number of aryl methyl sites for hydroxylation is 1. The van der Waals surface area contributed by atoms with Gasteiger partial charge >= 0.3 is 0 Å².